The molecule has 1 aromatic rings. The number of benzene rings is 1. The van der Waals surface area contributed by atoms with Gasteiger partial charge in [0.05, 0.1) is 6.10 Å². The van der Waals surface area contributed by atoms with Crippen LogP contribution >= 0.6 is 0 Å². The fourth-order valence-corrected chi connectivity index (χ4v) is 2.50. The maximum atomic E-state index is 12.7. The molecule has 4 heteroatoms. The van der Waals surface area contributed by atoms with Gasteiger partial charge >= 0.3 is 0 Å². The van der Waals surface area contributed by atoms with Crippen molar-refractivity contribution in [2.75, 3.05) is 11.9 Å². The van der Waals surface area contributed by atoms with Crippen molar-refractivity contribution < 1.29 is 14.3 Å². The zero-order valence-corrected chi connectivity index (χ0v) is 14.7. The number of carbonyl (C=O) groups is 1. The van der Waals surface area contributed by atoms with E-state index in [0.717, 1.165) is 37.1 Å². The summed E-state index contributed by atoms with van der Waals surface area (Å²) in [6.07, 6.45) is 4.20. The Hall–Kier alpha value is -1.55. The first-order valence-corrected chi connectivity index (χ1v) is 8.71. The Bertz CT molecular complexity index is 510. The number of rotatable bonds is 9. The Morgan fingerprint density at radius 1 is 1.30 bits per heavy atom. The summed E-state index contributed by atoms with van der Waals surface area (Å²) in [4.78, 5) is 12.7. The highest BCUT2D eigenvalue weighted by Gasteiger charge is 2.48. The van der Waals surface area contributed by atoms with Crippen LogP contribution < -0.4 is 10.1 Å². The van der Waals surface area contributed by atoms with Gasteiger partial charge in [-0.2, -0.15) is 0 Å². The summed E-state index contributed by atoms with van der Waals surface area (Å²) in [6, 6.07) is 7.54. The topological polar surface area (TPSA) is 47.6 Å². The van der Waals surface area contributed by atoms with Gasteiger partial charge < -0.3 is 14.8 Å². The average molecular weight is 319 g/mol. The third-order valence-corrected chi connectivity index (χ3v) is 4.44. The molecule has 1 saturated carbocycles. The van der Waals surface area contributed by atoms with Gasteiger partial charge in [-0.1, -0.05) is 13.8 Å². The fourth-order valence-electron chi connectivity index (χ4n) is 2.50. The lowest BCUT2D eigenvalue weighted by molar-refractivity contribution is -0.142. The van der Waals surface area contributed by atoms with Gasteiger partial charge in [0.15, 0.2) is 0 Å². The molecule has 0 aliphatic heterocycles. The molecule has 0 saturated heterocycles. The Morgan fingerprint density at radius 3 is 2.48 bits per heavy atom. The molecule has 0 heterocycles. The number of ether oxygens (including phenoxy) is 2. The number of hydrogen-bond donors (Lipinski definition) is 1. The molecule has 1 N–H and O–H groups in total. The van der Waals surface area contributed by atoms with Crippen LogP contribution in [0.3, 0.4) is 0 Å². The number of amides is 1. The summed E-state index contributed by atoms with van der Waals surface area (Å²) in [7, 11) is 0. The van der Waals surface area contributed by atoms with Gasteiger partial charge in [0.2, 0.25) is 0 Å². The summed E-state index contributed by atoms with van der Waals surface area (Å²) in [5.41, 5.74) is 0.0560. The number of hydrogen-bond acceptors (Lipinski definition) is 3. The summed E-state index contributed by atoms with van der Waals surface area (Å²) >= 11 is 0. The molecule has 0 radical (unpaired) electrons. The molecular formula is C19H29NO3. The third kappa shape index (κ3) is 4.71. The van der Waals surface area contributed by atoms with Crippen LogP contribution in [0.4, 0.5) is 5.69 Å². The normalized spacial score (nSPS) is 18.1. The standard InChI is InChI=1S/C19H29NO3/c1-5-13-22-19(4,15-7-8-15)18(21)20-16-9-11-17(12-10-16)23-14(3)6-2/h9-12,14-15H,5-8,13H2,1-4H3,(H,20,21). The first-order valence-electron chi connectivity index (χ1n) is 8.71. The second kappa shape index (κ2) is 7.82. The smallest absolute Gasteiger partial charge is 0.256 e. The highest BCUT2D eigenvalue weighted by molar-refractivity contribution is 5.97. The fraction of sp³-hybridized carbons (Fsp3) is 0.632. The zero-order chi connectivity index (χ0) is 16.9. The van der Waals surface area contributed by atoms with E-state index in [1.807, 2.05) is 38.1 Å². The van der Waals surface area contributed by atoms with Crippen LogP contribution in [0, 0.1) is 5.92 Å². The van der Waals surface area contributed by atoms with Gasteiger partial charge in [-0.15, -0.1) is 0 Å². The van der Waals surface area contributed by atoms with E-state index in [1.54, 1.807) is 0 Å². The molecule has 128 valence electrons. The average Bonchev–Trinajstić information content (AvgIpc) is 3.39. The van der Waals surface area contributed by atoms with Crippen molar-refractivity contribution in [1.82, 2.24) is 0 Å². The quantitative estimate of drug-likeness (QED) is 0.734. The lowest BCUT2D eigenvalue weighted by atomic mass is 9.98. The molecule has 1 fully saturated rings. The molecule has 2 unspecified atom stereocenters. The predicted molar refractivity (Wildman–Crippen MR) is 92.8 cm³/mol. The minimum absolute atomic E-state index is 0.0518. The Kier molecular flexibility index (Phi) is 6.05. The van der Waals surface area contributed by atoms with Crippen molar-refractivity contribution in [3.8, 4) is 5.75 Å². The molecule has 1 aliphatic rings. The van der Waals surface area contributed by atoms with Gasteiger partial charge in [0, 0.05) is 12.3 Å². The molecule has 2 atom stereocenters. The molecule has 0 aromatic heterocycles. The first kappa shape index (κ1) is 17.8. The van der Waals surface area contributed by atoms with Crippen molar-refractivity contribution in [3.63, 3.8) is 0 Å². The van der Waals surface area contributed by atoms with E-state index < -0.39 is 5.60 Å². The summed E-state index contributed by atoms with van der Waals surface area (Å²) in [5.74, 6) is 1.11. The molecule has 2 rings (SSSR count). The van der Waals surface area contributed by atoms with Crippen LogP contribution in [0.1, 0.15) is 53.4 Å². The first-order chi connectivity index (χ1) is 11.0. The third-order valence-electron chi connectivity index (χ3n) is 4.44. The van der Waals surface area contributed by atoms with E-state index in [0.29, 0.717) is 12.5 Å². The summed E-state index contributed by atoms with van der Waals surface area (Å²) in [6.45, 7) is 8.72. The van der Waals surface area contributed by atoms with Gasteiger partial charge in [-0.05, 0) is 69.7 Å². The van der Waals surface area contributed by atoms with Gasteiger partial charge in [-0.25, -0.2) is 0 Å². The molecule has 1 aliphatic carbocycles. The molecule has 1 amide bonds. The zero-order valence-electron chi connectivity index (χ0n) is 14.7. The SMILES string of the molecule is CCCOC(C)(C(=O)Nc1ccc(OC(C)CC)cc1)C1CC1. The van der Waals surface area contributed by atoms with Crippen LogP contribution in [0.25, 0.3) is 0 Å². The van der Waals surface area contributed by atoms with E-state index >= 15 is 0 Å². The predicted octanol–water partition coefficient (Wildman–Crippen LogP) is 4.40. The largest absolute Gasteiger partial charge is 0.491 e. The monoisotopic (exact) mass is 319 g/mol. The molecule has 23 heavy (non-hydrogen) atoms. The Balaban J connectivity index is 1.98. The van der Waals surface area contributed by atoms with E-state index in [1.165, 1.54) is 0 Å². The van der Waals surface area contributed by atoms with Gasteiger partial charge in [0.1, 0.15) is 11.4 Å². The van der Waals surface area contributed by atoms with Crippen LogP contribution in [0.5, 0.6) is 5.75 Å². The van der Waals surface area contributed by atoms with Crippen LogP contribution in [-0.4, -0.2) is 24.2 Å². The Labute approximate surface area is 139 Å². The number of nitrogens with one attached hydrogen (secondary N) is 1. The number of anilines is 1. The molecule has 0 bridgehead atoms. The van der Waals surface area contributed by atoms with Crippen molar-refractivity contribution in [1.29, 1.82) is 0 Å². The van der Waals surface area contributed by atoms with Crippen molar-refractivity contribution in [3.05, 3.63) is 24.3 Å². The second-order valence-electron chi connectivity index (χ2n) is 6.55. The molecular weight excluding hydrogens is 290 g/mol. The molecule has 0 spiro atoms. The molecule has 4 nitrogen and oxygen atoms in total. The van der Waals surface area contributed by atoms with Crippen LogP contribution in [-0.2, 0) is 9.53 Å². The maximum Gasteiger partial charge on any atom is 0.256 e. The van der Waals surface area contributed by atoms with Crippen LogP contribution in [0.15, 0.2) is 24.3 Å². The summed E-state index contributed by atoms with van der Waals surface area (Å²) < 4.78 is 11.6. The van der Waals surface area contributed by atoms with E-state index in [-0.39, 0.29) is 12.0 Å². The van der Waals surface area contributed by atoms with Crippen molar-refractivity contribution in [2.45, 2.75) is 65.1 Å². The summed E-state index contributed by atoms with van der Waals surface area (Å²) in [5, 5.41) is 2.99. The lowest BCUT2D eigenvalue weighted by Gasteiger charge is -2.28. The second-order valence-corrected chi connectivity index (χ2v) is 6.55. The number of carbonyl (C=O) groups excluding carboxylic acids is 1. The van der Waals surface area contributed by atoms with Crippen molar-refractivity contribution >= 4 is 11.6 Å². The highest BCUT2D eigenvalue weighted by atomic mass is 16.5. The van der Waals surface area contributed by atoms with Gasteiger partial charge in [0.25, 0.3) is 5.91 Å². The maximum absolute atomic E-state index is 12.7. The van der Waals surface area contributed by atoms with Crippen LogP contribution in [0.2, 0.25) is 0 Å². The van der Waals surface area contributed by atoms with E-state index in [2.05, 4.69) is 19.2 Å². The lowest BCUT2D eigenvalue weighted by Crippen LogP contribution is -2.45. The van der Waals surface area contributed by atoms with E-state index in [9.17, 15) is 4.79 Å². The highest BCUT2D eigenvalue weighted by Crippen LogP contribution is 2.42. The minimum Gasteiger partial charge on any atom is -0.491 e. The Morgan fingerprint density at radius 2 is 1.96 bits per heavy atom. The van der Waals surface area contributed by atoms with Crippen molar-refractivity contribution in [2.24, 2.45) is 5.92 Å². The minimum atomic E-state index is -0.720. The molecule has 1 aromatic carbocycles. The van der Waals surface area contributed by atoms with Gasteiger partial charge in [-0.3, -0.25) is 4.79 Å². The van der Waals surface area contributed by atoms with E-state index in [4.69, 9.17) is 9.47 Å².